The number of carbonyl (C=O) groups excluding carboxylic acids is 2. The monoisotopic (exact) mass is 468 g/mol. The van der Waals surface area contributed by atoms with Crippen molar-refractivity contribution in [2.75, 3.05) is 17.2 Å². The number of benzene rings is 3. The van der Waals surface area contributed by atoms with Crippen LogP contribution in [0, 0.1) is 24.4 Å². The van der Waals surface area contributed by atoms with Gasteiger partial charge in [-0.25, -0.2) is 13.2 Å². The molecule has 1 atom stereocenters. The molecule has 0 aliphatic carbocycles. The summed E-state index contributed by atoms with van der Waals surface area (Å²) >= 11 is 1.37. The third-order valence-electron chi connectivity index (χ3n) is 6.01. The molecular formula is C25H19F3N2O2S. The fourth-order valence-corrected chi connectivity index (χ4v) is 5.91. The number of nitrogens with zero attached hydrogens (tertiary/aromatic N) is 2. The summed E-state index contributed by atoms with van der Waals surface area (Å²) in [4.78, 5) is 29.2. The number of amides is 2. The Balaban J connectivity index is 1.59. The lowest BCUT2D eigenvalue weighted by Gasteiger charge is -2.33. The summed E-state index contributed by atoms with van der Waals surface area (Å²) in [7, 11) is 0. The topological polar surface area (TPSA) is 40.6 Å². The lowest BCUT2D eigenvalue weighted by atomic mass is 10.0. The van der Waals surface area contributed by atoms with Crippen molar-refractivity contribution in [2.24, 2.45) is 0 Å². The molecule has 0 aromatic heterocycles. The molecule has 2 amide bonds. The van der Waals surface area contributed by atoms with Gasteiger partial charge in [-0.3, -0.25) is 9.59 Å². The van der Waals surface area contributed by atoms with Gasteiger partial charge in [-0.15, -0.1) is 11.8 Å². The fourth-order valence-electron chi connectivity index (χ4n) is 4.45. The highest BCUT2D eigenvalue weighted by atomic mass is 32.2. The average molecular weight is 469 g/mol. The Labute approximate surface area is 193 Å². The zero-order valence-corrected chi connectivity index (χ0v) is 18.5. The van der Waals surface area contributed by atoms with Crippen LogP contribution in [0.5, 0.6) is 0 Å². The van der Waals surface area contributed by atoms with Crippen LogP contribution in [-0.4, -0.2) is 29.0 Å². The molecule has 3 aromatic carbocycles. The predicted octanol–water partition coefficient (Wildman–Crippen LogP) is 5.00. The smallest absolute Gasteiger partial charge is 0.268 e. The Morgan fingerprint density at radius 2 is 1.76 bits per heavy atom. The van der Waals surface area contributed by atoms with Crippen LogP contribution in [0.1, 0.15) is 27.0 Å². The van der Waals surface area contributed by atoms with E-state index >= 15 is 0 Å². The Morgan fingerprint density at radius 1 is 1.00 bits per heavy atom. The zero-order valence-electron chi connectivity index (χ0n) is 17.6. The number of aryl methyl sites for hydroxylation is 1. The molecule has 8 heteroatoms. The minimum absolute atomic E-state index is 0.0347. The van der Waals surface area contributed by atoms with Crippen LogP contribution < -0.4 is 4.90 Å². The standard InChI is InChI=1S/C25H19F3N2O2S/c1-15-2-9-22-19(12-15)25(24(32)29(22)14-16-3-8-20(27)21(28)13-16)30(10-11-33-25)23(31)17-4-6-18(26)7-5-17/h2-9,12-13H,10-11,14H2,1H3. The Kier molecular flexibility index (Phi) is 5.20. The second-order valence-corrected chi connectivity index (χ2v) is 9.40. The summed E-state index contributed by atoms with van der Waals surface area (Å²) in [6, 6.07) is 14.4. The first-order valence-electron chi connectivity index (χ1n) is 10.4. The lowest BCUT2D eigenvalue weighted by Crippen LogP contribution is -2.50. The predicted molar refractivity (Wildman–Crippen MR) is 120 cm³/mol. The molecule has 2 aliphatic rings. The van der Waals surface area contributed by atoms with Gasteiger partial charge in [0.05, 0.1) is 12.2 Å². The summed E-state index contributed by atoms with van der Waals surface area (Å²) < 4.78 is 40.6. The molecule has 0 radical (unpaired) electrons. The molecule has 168 valence electrons. The van der Waals surface area contributed by atoms with Crippen molar-refractivity contribution < 1.29 is 22.8 Å². The number of fused-ring (bicyclic) bond motifs is 2. The number of carbonyl (C=O) groups is 2. The van der Waals surface area contributed by atoms with Gasteiger partial charge < -0.3 is 9.80 Å². The number of anilines is 1. The number of halogens is 3. The van der Waals surface area contributed by atoms with Crippen LogP contribution in [-0.2, 0) is 16.2 Å². The Morgan fingerprint density at radius 3 is 2.48 bits per heavy atom. The summed E-state index contributed by atoms with van der Waals surface area (Å²) in [5.74, 6) is -2.53. The third kappa shape index (κ3) is 3.40. The SMILES string of the molecule is Cc1ccc2c(c1)C1(SCCN1C(=O)c1ccc(F)cc1)C(=O)N2Cc1ccc(F)c(F)c1. The molecule has 5 rings (SSSR count). The summed E-state index contributed by atoms with van der Waals surface area (Å²) in [5.41, 5.74) is 2.97. The maximum absolute atomic E-state index is 13.9. The number of thioether (sulfide) groups is 1. The minimum atomic E-state index is -1.27. The number of rotatable bonds is 3. The molecule has 0 N–H and O–H groups in total. The van der Waals surface area contributed by atoms with E-state index in [0.29, 0.717) is 34.7 Å². The number of hydrogen-bond acceptors (Lipinski definition) is 3. The Bertz CT molecular complexity index is 1280. The molecule has 3 aromatic rings. The van der Waals surface area contributed by atoms with E-state index in [0.717, 1.165) is 17.7 Å². The maximum atomic E-state index is 13.9. The second kappa shape index (κ2) is 7.95. The summed E-state index contributed by atoms with van der Waals surface area (Å²) in [5, 5.41) is 0. The largest absolute Gasteiger partial charge is 0.311 e. The minimum Gasteiger partial charge on any atom is -0.311 e. The van der Waals surface area contributed by atoms with E-state index in [-0.39, 0.29) is 18.4 Å². The zero-order chi connectivity index (χ0) is 23.3. The van der Waals surface area contributed by atoms with Crippen molar-refractivity contribution in [1.29, 1.82) is 0 Å². The van der Waals surface area contributed by atoms with Crippen molar-refractivity contribution in [3.05, 3.63) is 100 Å². The van der Waals surface area contributed by atoms with Gasteiger partial charge in [0.1, 0.15) is 5.82 Å². The van der Waals surface area contributed by atoms with Gasteiger partial charge in [0, 0.05) is 23.4 Å². The molecule has 4 nitrogen and oxygen atoms in total. The molecule has 2 aliphatic heterocycles. The molecule has 0 saturated carbocycles. The van der Waals surface area contributed by atoms with Crippen molar-refractivity contribution in [3.8, 4) is 0 Å². The molecule has 1 saturated heterocycles. The quantitative estimate of drug-likeness (QED) is 0.543. The lowest BCUT2D eigenvalue weighted by molar-refractivity contribution is -0.123. The van der Waals surface area contributed by atoms with Gasteiger partial charge in [0.15, 0.2) is 16.5 Å². The van der Waals surface area contributed by atoms with Gasteiger partial charge in [-0.05, 0) is 55.0 Å². The highest BCUT2D eigenvalue weighted by Gasteiger charge is 2.59. The molecule has 1 spiro atoms. The van der Waals surface area contributed by atoms with Crippen LogP contribution in [0.15, 0.2) is 60.7 Å². The molecule has 1 fully saturated rings. The van der Waals surface area contributed by atoms with E-state index in [2.05, 4.69) is 0 Å². The van der Waals surface area contributed by atoms with E-state index in [1.165, 1.54) is 51.9 Å². The highest BCUT2D eigenvalue weighted by molar-refractivity contribution is 8.01. The highest BCUT2D eigenvalue weighted by Crippen LogP contribution is 2.55. The average Bonchev–Trinajstić information content (AvgIpc) is 3.33. The van der Waals surface area contributed by atoms with Crippen LogP contribution >= 0.6 is 11.8 Å². The second-order valence-electron chi connectivity index (χ2n) is 8.12. The van der Waals surface area contributed by atoms with Crippen LogP contribution in [0.2, 0.25) is 0 Å². The molecular weight excluding hydrogens is 449 g/mol. The number of hydrogen-bond donors (Lipinski definition) is 0. The molecule has 0 bridgehead atoms. The van der Waals surface area contributed by atoms with Crippen molar-refractivity contribution in [1.82, 2.24) is 4.90 Å². The molecule has 2 heterocycles. The molecule has 1 unspecified atom stereocenters. The van der Waals surface area contributed by atoms with E-state index < -0.39 is 22.3 Å². The first-order valence-corrected chi connectivity index (χ1v) is 11.4. The van der Waals surface area contributed by atoms with E-state index in [9.17, 15) is 22.8 Å². The van der Waals surface area contributed by atoms with Gasteiger partial charge >= 0.3 is 0 Å². The first-order chi connectivity index (χ1) is 15.8. The third-order valence-corrected chi connectivity index (χ3v) is 7.43. The maximum Gasteiger partial charge on any atom is 0.268 e. The summed E-state index contributed by atoms with van der Waals surface area (Å²) in [6.07, 6.45) is 0. The van der Waals surface area contributed by atoms with Crippen LogP contribution in [0.25, 0.3) is 0 Å². The van der Waals surface area contributed by atoms with E-state index in [1.807, 2.05) is 25.1 Å². The van der Waals surface area contributed by atoms with Crippen LogP contribution in [0.4, 0.5) is 18.9 Å². The van der Waals surface area contributed by atoms with Crippen molar-refractivity contribution in [3.63, 3.8) is 0 Å². The summed E-state index contributed by atoms with van der Waals surface area (Å²) in [6.45, 7) is 2.29. The van der Waals surface area contributed by atoms with Gasteiger partial charge in [-0.2, -0.15) is 0 Å². The molecule has 33 heavy (non-hydrogen) atoms. The van der Waals surface area contributed by atoms with E-state index in [4.69, 9.17) is 0 Å². The fraction of sp³-hybridized carbons (Fsp3) is 0.200. The van der Waals surface area contributed by atoms with Gasteiger partial charge in [0.2, 0.25) is 0 Å². The Hall–Kier alpha value is -3.26. The normalized spacial score (nSPS) is 19.5. The van der Waals surface area contributed by atoms with Crippen molar-refractivity contribution in [2.45, 2.75) is 18.3 Å². The first kappa shape index (κ1) is 21.6. The van der Waals surface area contributed by atoms with Gasteiger partial charge in [-0.1, -0.05) is 23.8 Å². The van der Waals surface area contributed by atoms with Crippen LogP contribution in [0.3, 0.4) is 0 Å². The van der Waals surface area contributed by atoms with E-state index in [1.54, 1.807) is 0 Å². The van der Waals surface area contributed by atoms with Crippen molar-refractivity contribution >= 4 is 29.3 Å². The van der Waals surface area contributed by atoms with Gasteiger partial charge in [0.25, 0.3) is 11.8 Å².